The maximum absolute atomic E-state index is 6.45. The summed E-state index contributed by atoms with van der Waals surface area (Å²) in [5.74, 6) is 1.02. The van der Waals surface area contributed by atoms with Crippen LogP contribution in [0.2, 0.25) is 5.02 Å². The van der Waals surface area contributed by atoms with Crippen molar-refractivity contribution >= 4 is 28.5 Å². The van der Waals surface area contributed by atoms with Gasteiger partial charge in [-0.25, -0.2) is 9.97 Å². The van der Waals surface area contributed by atoms with Gasteiger partial charge in [0.05, 0.1) is 38.6 Å². The monoisotopic (exact) mass is 418 g/mol. The lowest BCUT2D eigenvalue weighted by molar-refractivity contribution is -0.880. The second-order valence-electron chi connectivity index (χ2n) is 8.05. The number of aromatic nitrogens is 3. The highest BCUT2D eigenvalue weighted by Gasteiger charge is 2.24. The van der Waals surface area contributed by atoms with E-state index in [-0.39, 0.29) is 0 Å². The van der Waals surface area contributed by atoms with Crippen molar-refractivity contribution in [1.82, 2.24) is 14.5 Å². The first-order valence-electron chi connectivity index (χ1n) is 10.4. The lowest BCUT2D eigenvalue weighted by Crippen LogP contribution is -3.12. The molecule has 0 aliphatic carbocycles. The van der Waals surface area contributed by atoms with E-state index < -0.39 is 0 Å². The molecule has 0 spiro atoms. The Hall–Kier alpha value is -2.89. The number of rotatable bonds is 3. The molecule has 4 aromatic rings. The van der Waals surface area contributed by atoms with E-state index in [0.29, 0.717) is 0 Å². The van der Waals surface area contributed by atoms with Crippen molar-refractivity contribution in [2.75, 3.05) is 38.1 Å². The van der Waals surface area contributed by atoms with Gasteiger partial charge in [0.25, 0.3) is 0 Å². The van der Waals surface area contributed by atoms with E-state index in [1.807, 2.05) is 19.1 Å². The smallest absolute Gasteiger partial charge is 0.150 e. The van der Waals surface area contributed by atoms with Crippen LogP contribution in [-0.4, -0.2) is 47.8 Å². The molecule has 0 radical (unpaired) electrons. The summed E-state index contributed by atoms with van der Waals surface area (Å²) in [5, 5.41) is 1.85. The fourth-order valence-corrected chi connectivity index (χ4v) is 4.33. The minimum atomic E-state index is 0.756. The topological polar surface area (TPSA) is 38.4 Å². The summed E-state index contributed by atoms with van der Waals surface area (Å²) >= 11 is 6.45. The fraction of sp³-hybridized carbons (Fsp3) is 0.250. The molecule has 0 saturated carbocycles. The molecule has 0 unspecified atom stereocenters. The molecular weight excluding hydrogens is 394 g/mol. The molecule has 2 aromatic carbocycles. The standard InChI is InChI=1S/C24H24ClN5/c1-17-8-9-19(14-21(17)25)30-15-20(18-6-4-3-5-7-18)22-23(26-16-27-24(22)30)29-12-10-28(2)11-13-29/h3-9,14-16H,10-13H2,1-2H3/p+1. The predicted octanol–water partition coefficient (Wildman–Crippen LogP) is 3.38. The van der Waals surface area contributed by atoms with Gasteiger partial charge in [0, 0.05) is 22.5 Å². The molecule has 1 aliphatic rings. The zero-order valence-corrected chi connectivity index (χ0v) is 18.0. The number of aryl methyl sites for hydroxylation is 1. The Labute approximate surface area is 181 Å². The van der Waals surface area contributed by atoms with Crippen LogP contribution in [0.15, 0.2) is 61.1 Å². The van der Waals surface area contributed by atoms with E-state index in [1.165, 1.54) is 0 Å². The number of hydrogen-bond acceptors (Lipinski definition) is 3. The van der Waals surface area contributed by atoms with Crippen LogP contribution in [0.4, 0.5) is 5.82 Å². The van der Waals surface area contributed by atoms with E-state index in [4.69, 9.17) is 21.6 Å². The van der Waals surface area contributed by atoms with Gasteiger partial charge < -0.3 is 14.4 Å². The van der Waals surface area contributed by atoms with Gasteiger partial charge in [0.2, 0.25) is 0 Å². The van der Waals surface area contributed by atoms with Crippen LogP contribution in [0.5, 0.6) is 0 Å². The van der Waals surface area contributed by atoms with Crippen molar-refractivity contribution < 1.29 is 4.90 Å². The first-order valence-corrected chi connectivity index (χ1v) is 10.7. The molecule has 2 aromatic heterocycles. The Morgan fingerprint density at radius 2 is 1.77 bits per heavy atom. The van der Waals surface area contributed by atoms with E-state index in [1.54, 1.807) is 11.2 Å². The average Bonchev–Trinajstić information content (AvgIpc) is 3.17. The lowest BCUT2D eigenvalue weighted by atomic mass is 10.1. The third-order valence-electron chi connectivity index (χ3n) is 6.00. The Balaban J connectivity index is 1.75. The molecule has 5 nitrogen and oxygen atoms in total. The van der Waals surface area contributed by atoms with Gasteiger partial charge in [0.15, 0.2) is 5.65 Å². The van der Waals surface area contributed by atoms with Crippen molar-refractivity contribution in [2.24, 2.45) is 0 Å². The van der Waals surface area contributed by atoms with Gasteiger partial charge in [-0.2, -0.15) is 0 Å². The molecule has 0 atom stereocenters. The molecule has 1 fully saturated rings. The number of anilines is 1. The zero-order chi connectivity index (χ0) is 20.7. The molecule has 1 saturated heterocycles. The molecule has 5 rings (SSSR count). The maximum Gasteiger partial charge on any atom is 0.150 e. The average molecular weight is 419 g/mol. The zero-order valence-electron chi connectivity index (χ0n) is 17.3. The summed E-state index contributed by atoms with van der Waals surface area (Å²) in [5.41, 5.74) is 5.28. The minimum absolute atomic E-state index is 0.756. The van der Waals surface area contributed by atoms with Gasteiger partial charge in [-0.15, -0.1) is 0 Å². The van der Waals surface area contributed by atoms with Crippen LogP contribution in [0, 0.1) is 6.92 Å². The largest absolute Gasteiger partial charge is 0.345 e. The van der Waals surface area contributed by atoms with Crippen LogP contribution in [-0.2, 0) is 0 Å². The van der Waals surface area contributed by atoms with Gasteiger partial charge in [-0.05, 0) is 30.2 Å². The van der Waals surface area contributed by atoms with Crippen molar-refractivity contribution in [1.29, 1.82) is 0 Å². The summed E-state index contributed by atoms with van der Waals surface area (Å²) < 4.78 is 2.13. The maximum atomic E-state index is 6.45. The van der Waals surface area contributed by atoms with Crippen molar-refractivity contribution in [2.45, 2.75) is 6.92 Å². The number of nitrogens with one attached hydrogen (secondary N) is 1. The highest BCUT2D eigenvalue weighted by Crippen LogP contribution is 2.37. The quantitative estimate of drug-likeness (QED) is 0.554. The number of likely N-dealkylation sites (N-methyl/N-ethyl adjacent to an activating group) is 1. The first kappa shape index (κ1) is 19.1. The Bertz CT molecular complexity index is 1190. The van der Waals surface area contributed by atoms with Crippen molar-refractivity contribution in [3.63, 3.8) is 0 Å². The van der Waals surface area contributed by atoms with Crippen molar-refractivity contribution in [3.8, 4) is 16.8 Å². The van der Waals surface area contributed by atoms with E-state index >= 15 is 0 Å². The number of fused-ring (bicyclic) bond motifs is 1. The Morgan fingerprint density at radius 3 is 2.50 bits per heavy atom. The van der Waals surface area contributed by atoms with Crippen LogP contribution >= 0.6 is 11.6 Å². The second-order valence-corrected chi connectivity index (χ2v) is 8.46. The number of halogens is 1. The van der Waals surface area contributed by atoms with Crippen LogP contribution < -0.4 is 9.80 Å². The lowest BCUT2D eigenvalue weighted by Gasteiger charge is -2.31. The highest BCUT2D eigenvalue weighted by atomic mass is 35.5. The molecule has 0 amide bonds. The Morgan fingerprint density at radius 1 is 1.00 bits per heavy atom. The van der Waals surface area contributed by atoms with Gasteiger partial charge in [-0.3, -0.25) is 0 Å². The minimum Gasteiger partial charge on any atom is -0.345 e. The normalized spacial score (nSPS) is 15.1. The van der Waals surface area contributed by atoms with Gasteiger partial charge in [0.1, 0.15) is 12.1 Å². The molecule has 0 bridgehead atoms. The molecule has 1 N–H and O–H groups in total. The number of piperazine rings is 1. The molecule has 6 heteroatoms. The summed E-state index contributed by atoms with van der Waals surface area (Å²) in [6.45, 7) is 6.23. The highest BCUT2D eigenvalue weighted by molar-refractivity contribution is 6.31. The number of nitrogens with zero attached hydrogens (tertiary/aromatic N) is 4. The van der Waals surface area contributed by atoms with Gasteiger partial charge >= 0.3 is 0 Å². The Kier molecular flexibility index (Phi) is 4.93. The van der Waals surface area contributed by atoms with Gasteiger partial charge in [-0.1, -0.05) is 48.0 Å². The molecular formula is C24H25ClN5+. The molecule has 152 valence electrons. The third-order valence-corrected chi connectivity index (χ3v) is 6.41. The molecule has 3 heterocycles. The molecule has 30 heavy (non-hydrogen) atoms. The van der Waals surface area contributed by atoms with Crippen LogP contribution in [0.1, 0.15) is 5.56 Å². The second kappa shape index (κ2) is 7.74. The fourth-order valence-electron chi connectivity index (χ4n) is 4.15. The number of benzene rings is 2. The van der Waals surface area contributed by atoms with E-state index in [9.17, 15) is 0 Å². The number of quaternary nitrogens is 1. The first-order chi connectivity index (χ1) is 14.6. The number of hydrogen-bond donors (Lipinski definition) is 1. The summed E-state index contributed by atoms with van der Waals surface area (Å²) in [4.78, 5) is 13.4. The van der Waals surface area contributed by atoms with E-state index in [2.05, 4.69) is 59.1 Å². The van der Waals surface area contributed by atoms with Crippen LogP contribution in [0.25, 0.3) is 27.8 Å². The molecule has 1 aliphatic heterocycles. The summed E-state index contributed by atoms with van der Waals surface area (Å²) in [7, 11) is 2.25. The van der Waals surface area contributed by atoms with Crippen molar-refractivity contribution in [3.05, 3.63) is 71.6 Å². The summed E-state index contributed by atoms with van der Waals surface area (Å²) in [6.07, 6.45) is 3.85. The predicted molar refractivity (Wildman–Crippen MR) is 123 cm³/mol. The van der Waals surface area contributed by atoms with Crippen LogP contribution in [0.3, 0.4) is 0 Å². The third kappa shape index (κ3) is 3.34. The summed E-state index contributed by atoms with van der Waals surface area (Å²) in [6, 6.07) is 16.6. The SMILES string of the molecule is Cc1ccc(-n2cc(-c3ccccc3)c3c(N4CC[NH+](C)CC4)ncnc32)cc1Cl. The van der Waals surface area contributed by atoms with E-state index in [0.717, 1.165) is 70.4 Å².